The zero-order chi connectivity index (χ0) is 71.7. The summed E-state index contributed by atoms with van der Waals surface area (Å²) in [6.07, 6.45) is 53.1. The van der Waals surface area contributed by atoms with Gasteiger partial charge in [0, 0.05) is 25.7 Å². The smallest absolute Gasteiger partial charge is 0.462 e. The fourth-order valence-corrected chi connectivity index (χ4v) is 13.5. The maximum atomic E-state index is 13.1. The molecule has 0 amide bonds. The van der Waals surface area contributed by atoms with Crippen LogP contribution < -0.4 is 0 Å². The van der Waals surface area contributed by atoms with Crippen LogP contribution in [0.4, 0.5) is 0 Å². The van der Waals surface area contributed by atoms with Gasteiger partial charge in [-0.3, -0.25) is 37.3 Å². The number of ether oxygens (including phenoxy) is 4. The number of aliphatic hydroxyl groups is 1. The Bertz CT molecular complexity index is 1900. The van der Waals surface area contributed by atoms with Gasteiger partial charge >= 0.3 is 39.5 Å². The summed E-state index contributed by atoms with van der Waals surface area (Å²) >= 11 is 0. The quantitative estimate of drug-likeness (QED) is 0.0222. The molecule has 17 nitrogen and oxygen atoms in total. The normalized spacial score (nSPS) is 14.4. The van der Waals surface area contributed by atoms with Gasteiger partial charge in [0.1, 0.15) is 19.3 Å². The zero-order valence-corrected chi connectivity index (χ0v) is 65.5. The number of carbonyl (C=O) groups is 4. The van der Waals surface area contributed by atoms with Crippen LogP contribution >= 0.6 is 15.6 Å². The van der Waals surface area contributed by atoms with Crippen LogP contribution in [0.1, 0.15) is 396 Å². The predicted octanol–water partition coefficient (Wildman–Crippen LogP) is 22.8. The van der Waals surface area contributed by atoms with E-state index in [1.165, 1.54) is 199 Å². The monoisotopic (exact) mass is 1420 g/mol. The first-order valence-electron chi connectivity index (χ1n) is 40.2. The number of phosphoric ester groups is 2. The fourth-order valence-electron chi connectivity index (χ4n) is 11.9. The second-order valence-corrected chi connectivity index (χ2v) is 32.7. The molecule has 0 saturated carbocycles. The van der Waals surface area contributed by atoms with Crippen molar-refractivity contribution in [3.8, 4) is 0 Å². The number of hydrogen-bond acceptors (Lipinski definition) is 15. The summed E-state index contributed by atoms with van der Waals surface area (Å²) < 4.78 is 68.5. The van der Waals surface area contributed by atoms with E-state index in [2.05, 4.69) is 55.4 Å². The van der Waals surface area contributed by atoms with Crippen molar-refractivity contribution in [2.75, 3.05) is 39.6 Å². The molecule has 0 aliphatic heterocycles. The number of phosphoric acid groups is 2. The van der Waals surface area contributed by atoms with Gasteiger partial charge in [0.05, 0.1) is 26.4 Å². The van der Waals surface area contributed by atoms with Gasteiger partial charge in [0.15, 0.2) is 12.2 Å². The Labute approximate surface area is 594 Å². The van der Waals surface area contributed by atoms with Crippen LogP contribution in [0.15, 0.2) is 0 Å². The van der Waals surface area contributed by atoms with Crippen molar-refractivity contribution < 1.29 is 80.2 Å². The molecule has 4 unspecified atom stereocenters. The van der Waals surface area contributed by atoms with Gasteiger partial charge < -0.3 is 33.8 Å². The van der Waals surface area contributed by atoms with Crippen LogP contribution in [0.2, 0.25) is 0 Å². The van der Waals surface area contributed by atoms with Gasteiger partial charge in [-0.05, 0) is 49.4 Å². The van der Waals surface area contributed by atoms with Crippen LogP contribution in [0.25, 0.3) is 0 Å². The number of aliphatic hydroxyl groups excluding tert-OH is 1. The van der Waals surface area contributed by atoms with Gasteiger partial charge in [-0.25, -0.2) is 9.13 Å². The van der Waals surface area contributed by atoms with Crippen molar-refractivity contribution in [3.05, 3.63) is 0 Å². The van der Waals surface area contributed by atoms with Gasteiger partial charge in [-0.2, -0.15) is 0 Å². The molecule has 0 bridgehead atoms. The summed E-state index contributed by atoms with van der Waals surface area (Å²) in [4.78, 5) is 72.8. The largest absolute Gasteiger partial charge is 0.472 e. The van der Waals surface area contributed by atoms with E-state index in [-0.39, 0.29) is 25.7 Å². The molecule has 0 saturated heterocycles. The molecule has 0 aromatic rings. The lowest BCUT2D eigenvalue weighted by atomic mass is 9.99. The molecule has 0 aromatic carbocycles. The molecule has 0 radical (unpaired) electrons. The Kier molecular flexibility index (Phi) is 65.9. The summed E-state index contributed by atoms with van der Waals surface area (Å²) in [5.74, 6) is 0.922. The highest BCUT2D eigenvalue weighted by molar-refractivity contribution is 7.47. The minimum atomic E-state index is -4.96. The van der Waals surface area contributed by atoms with Gasteiger partial charge in [-0.15, -0.1) is 0 Å². The second-order valence-electron chi connectivity index (χ2n) is 29.8. The van der Waals surface area contributed by atoms with E-state index in [1.807, 2.05) is 0 Å². The average molecular weight is 1420 g/mol. The lowest BCUT2D eigenvalue weighted by molar-refractivity contribution is -0.161. The third-order valence-corrected chi connectivity index (χ3v) is 20.3. The molecule has 19 heteroatoms. The van der Waals surface area contributed by atoms with E-state index in [9.17, 15) is 43.2 Å². The number of esters is 4. The molecule has 0 aliphatic carbocycles. The third-order valence-electron chi connectivity index (χ3n) is 18.4. The molecule has 0 aromatic heterocycles. The molecule has 576 valence electrons. The number of carbonyl (C=O) groups excluding carboxylic acids is 4. The Morgan fingerprint density at radius 2 is 0.495 bits per heavy atom. The summed E-state index contributed by atoms with van der Waals surface area (Å²) in [5, 5.41) is 10.6. The minimum Gasteiger partial charge on any atom is -0.462 e. The van der Waals surface area contributed by atoms with Gasteiger partial charge in [-0.1, -0.05) is 344 Å². The molecule has 97 heavy (non-hydrogen) atoms. The Morgan fingerprint density at radius 3 is 0.732 bits per heavy atom. The summed E-state index contributed by atoms with van der Waals surface area (Å²) in [6.45, 7) is 14.2. The molecule has 0 spiro atoms. The van der Waals surface area contributed by atoms with E-state index in [4.69, 9.17) is 37.0 Å². The second kappa shape index (κ2) is 67.2. The first kappa shape index (κ1) is 95.1. The average Bonchev–Trinajstić information content (AvgIpc) is 1.12. The van der Waals surface area contributed by atoms with Crippen molar-refractivity contribution in [2.45, 2.75) is 414 Å². The van der Waals surface area contributed by atoms with Crippen LogP contribution in [0, 0.1) is 23.7 Å². The number of unbranched alkanes of at least 4 members (excludes halogenated alkanes) is 40. The highest BCUT2D eigenvalue weighted by atomic mass is 31.2. The van der Waals surface area contributed by atoms with Gasteiger partial charge in [0.2, 0.25) is 0 Å². The molecule has 3 N–H and O–H groups in total. The summed E-state index contributed by atoms with van der Waals surface area (Å²) in [7, 11) is -9.91. The van der Waals surface area contributed by atoms with E-state index >= 15 is 0 Å². The van der Waals surface area contributed by atoms with Crippen molar-refractivity contribution in [1.29, 1.82) is 0 Å². The van der Waals surface area contributed by atoms with Crippen LogP contribution in [0.3, 0.4) is 0 Å². The van der Waals surface area contributed by atoms with E-state index in [0.717, 1.165) is 108 Å². The minimum absolute atomic E-state index is 0.101. The first-order chi connectivity index (χ1) is 46.6. The highest BCUT2D eigenvalue weighted by Gasteiger charge is 2.30. The third kappa shape index (κ3) is 70.9. The van der Waals surface area contributed by atoms with Crippen molar-refractivity contribution in [3.63, 3.8) is 0 Å². The Balaban J connectivity index is 5.16. The lowest BCUT2D eigenvalue weighted by Gasteiger charge is -2.21. The maximum Gasteiger partial charge on any atom is 0.472 e. The number of rotatable bonds is 75. The Hall–Kier alpha value is -1.94. The van der Waals surface area contributed by atoms with Crippen molar-refractivity contribution in [2.24, 2.45) is 23.7 Å². The molecule has 0 aliphatic rings. The van der Waals surface area contributed by atoms with E-state index in [1.54, 1.807) is 0 Å². The van der Waals surface area contributed by atoms with Crippen LogP contribution in [-0.4, -0.2) is 96.7 Å². The summed E-state index contributed by atoms with van der Waals surface area (Å²) in [5.41, 5.74) is 0. The first-order valence-corrected chi connectivity index (χ1v) is 43.2. The molecule has 0 fully saturated rings. The van der Waals surface area contributed by atoms with Crippen molar-refractivity contribution in [1.82, 2.24) is 0 Å². The molecular weight excluding hydrogens is 1270 g/mol. The van der Waals surface area contributed by atoms with Crippen LogP contribution in [0.5, 0.6) is 0 Å². The number of hydrogen-bond donors (Lipinski definition) is 3. The fraction of sp³-hybridized carbons (Fsp3) is 0.949. The molecule has 0 heterocycles. The SMILES string of the molecule is CCC(C)CCCCCCCCCCCCCCCCCCCCC(=O)OC[C@H](COP(=O)(O)OCC(O)COP(=O)(O)OC[C@@H](COC(=O)CCCCCCCCCCC(C)C)OC(=O)CCCCCCCCC(C)C)OC(=O)CCCCCCCCCCCCCCC(C)C. The van der Waals surface area contributed by atoms with Gasteiger partial charge in [0.25, 0.3) is 0 Å². The maximum absolute atomic E-state index is 13.1. The standard InChI is InChI=1S/C78H152O17P2/c1-9-71(8)57-49-41-32-25-21-16-14-12-10-11-13-15-17-22-26-33-42-50-58-75(80)88-64-73(94-77(82)60-52-44-35-27-23-19-18-20-24-30-38-46-54-68(2)3)66-92-96(84,85)90-62-72(79)63-91-97(86,87)93-67-74(95-78(83)61-53-45-37-36-40-48-56-70(6)7)65-89-76(81)59-51-43-34-29-28-31-39-47-55-69(4)5/h68-74,79H,9-67H2,1-8H3,(H,84,85)(H,86,87)/t71?,72?,73-,74-/m1/s1. The van der Waals surface area contributed by atoms with Crippen molar-refractivity contribution >= 4 is 39.5 Å². The zero-order valence-electron chi connectivity index (χ0n) is 63.7. The lowest BCUT2D eigenvalue weighted by Crippen LogP contribution is -2.30. The van der Waals surface area contributed by atoms with Crippen LogP contribution in [-0.2, 0) is 65.4 Å². The predicted molar refractivity (Wildman–Crippen MR) is 395 cm³/mol. The van der Waals surface area contributed by atoms with E-state index < -0.39 is 97.5 Å². The molecule has 6 atom stereocenters. The Morgan fingerprint density at radius 1 is 0.289 bits per heavy atom. The topological polar surface area (TPSA) is 237 Å². The molecule has 0 rings (SSSR count). The van der Waals surface area contributed by atoms with E-state index in [0.29, 0.717) is 31.6 Å². The summed E-state index contributed by atoms with van der Waals surface area (Å²) in [6, 6.07) is 0. The molecular formula is C78H152O17P2. The highest BCUT2D eigenvalue weighted by Crippen LogP contribution is 2.45.